The molecule has 0 aliphatic rings. The van der Waals surface area contributed by atoms with Crippen molar-refractivity contribution in [2.75, 3.05) is 5.32 Å². The van der Waals surface area contributed by atoms with E-state index in [2.05, 4.69) is 4.98 Å². The molecular formula is C14H10N2O10S. The van der Waals surface area contributed by atoms with Gasteiger partial charge in [-0.15, -0.1) is 0 Å². The molecule has 12 nitrogen and oxygen atoms in total. The number of aromatic nitrogens is 1. The molecule has 1 heterocycles. The van der Waals surface area contributed by atoms with Crippen molar-refractivity contribution in [2.24, 2.45) is 0 Å². The molecule has 6 N–H and O–H groups in total. The number of hydrogen-bond donors (Lipinski definition) is 6. The lowest BCUT2D eigenvalue weighted by molar-refractivity contribution is 0.0696. The first-order valence-electron chi connectivity index (χ1n) is 6.73. The summed E-state index contributed by atoms with van der Waals surface area (Å²) in [6.07, 6.45) is 0.781. The summed E-state index contributed by atoms with van der Waals surface area (Å²) in [6, 6.07) is 1.69. The van der Waals surface area contributed by atoms with Crippen molar-refractivity contribution in [1.29, 1.82) is 0 Å². The van der Waals surface area contributed by atoms with E-state index < -0.39 is 66.9 Å². The first kappa shape index (κ1) is 19.6. The number of amides is 1. The minimum absolute atomic E-state index is 0.415. The standard InChI is InChI=1S/C14H10N2O10S/c17-8-3-10(27(24,25)26)9(18)2-6(8)12(19)16-11-7(14(22)23)1-5(4-15-11)13(20)21/h1-4,17-18H,(H,20,21)(H,22,23)(H,15,16,19)(H,24,25,26). The predicted octanol–water partition coefficient (Wildman–Crippen LogP) is 0.388. The number of carboxylic acids is 2. The molecular weight excluding hydrogens is 388 g/mol. The van der Waals surface area contributed by atoms with E-state index in [1.165, 1.54) is 0 Å². The van der Waals surface area contributed by atoms with Crippen LogP contribution in [-0.2, 0) is 10.1 Å². The van der Waals surface area contributed by atoms with E-state index in [1.54, 1.807) is 0 Å². The van der Waals surface area contributed by atoms with Gasteiger partial charge in [-0.3, -0.25) is 9.35 Å². The van der Waals surface area contributed by atoms with Crippen LogP contribution in [0.25, 0.3) is 0 Å². The van der Waals surface area contributed by atoms with Crippen LogP contribution in [0.5, 0.6) is 11.5 Å². The Labute approximate surface area is 150 Å². The number of phenolic OH excluding ortho intramolecular Hbond substituents is 2. The Bertz CT molecular complexity index is 1080. The van der Waals surface area contributed by atoms with Crippen LogP contribution in [0, 0.1) is 0 Å². The molecule has 0 radical (unpaired) electrons. The second-order valence-electron chi connectivity index (χ2n) is 5.00. The number of anilines is 1. The summed E-state index contributed by atoms with van der Waals surface area (Å²) in [5, 5.41) is 39.3. The van der Waals surface area contributed by atoms with Gasteiger partial charge in [-0.25, -0.2) is 14.6 Å². The van der Waals surface area contributed by atoms with Crippen molar-refractivity contribution >= 4 is 33.8 Å². The van der Waals surface area contributed by atoms with Gasteiger partial charge in [-0.1, -0.05) is 0 Å². The number of benzene rings is 1. The van der Waals surface area contributed by atoms with Crippen LogP contribution < -0.4 is 5.32 Å². The van der Waals surface area contributed by atoms with Crippen LogP contribution in [-0.4, -0.2) is 56.2 Å². The smallest absolute Gasteiger partial charge is 0.339 e. The van der Waals surface area contributed by atoms with Crippen molar-refractivity contribution in [3.63, 3.8) is 0 Å². The Kier molecular flexibility index (Phi) is 5.01. The van der Waals surface area contributed by atoms with E-state index in [0.717, 1.165) is 12.3 Å². The van der Waals surface area contributed by atoms with E-state index >= 15 is 0 Å². The third-order valence-electron chi connectivity index (χ3n) is 3.20. The van der Waals surface area contributed by atoms with Crippen LogP contribution in [0.2, 0.25) is 0 Å². The Morgan fingerprint density at radius 1 is 0.926 bits per heavy atom. The molecule has 0 aliphatic heterocycles. The maximum Gasteiger partial charge on any atom is 0.339 e. The van der Waals surface area contributed by atoms with E-state index in [4.69, 9.17) is 14.8 Å². The lowest BCUT2D eigenvalue weighted by Crippen LogP contribution is -2.17. The normalized spacial score (nSPS) is 11.0. The number of pyridine rings is 1. The summed E-state index contributed by atoms with van der Waals surface area (Å²) in [7, 11) is -4.88. The molecule has 0 saturated carbocycles. The summed E-state index contributed by atoms with van der Waals surface area (Å²) in [5.41, 5.74) is -1.79. The zero-order valence-electron chi connectivity index (χ0n) is 12.9. The Balaban J connectivity index is 2.45. The molecule has 2 aromatic rings. The molecule has 1 amide bonds. The molecule has 0 aliphatic carbocycles. The molecule has 0 fully saturated rings. The van der Waals surface area contributed by atoms with Gasteiger partial charge in [0.15, 0.2) is 0 Å². The zero-order valence-corrected chi connectivity index (χ0v) is 13.8. The van der Waals surface area contributed by atoms with Crippen molar-refractivity contribution in [2.45, 2.75) is 4.90 Å². The van der Waals surface area contributed by atoms with Gasteiger partial charge < -0.3 is 25.7 Å². The van der Waals surface area contributed by atoms with Gasteiger partial charge in [-0.2, -0.15) is 8.42 Å². The molecule has 0 unspecified atom stereocenters. The van der Waals surface area contributed by atoms with Gasteiger partial charge >= 0.3 is 11.9 Å². The number of aromatic hydroxyl groups is 2. The van der Waals surface area contributed by atoms with Gasteiger partial charge in [0.2, 0.25) is 0 Å². The lowest BCUT2D eigenvalue weighted by atomic mass is 10.1. The summed E-state index contributed by atoms with van der Waals surface area (Å²) in [5.74, 6) is -6.80. The number of rotatable bonds is 5. The predicted molar refractivity (Wildman–Crippen MR) is 85.7 cm³/mol. The third kappa shape index (κ3) is 4.10. The fourth-order valence-corrected chi connectivity index (χ4v) is 2.55. The quantitative estimate of drug-likeness (QED) is 0.299. The minimum atomic E-state index is -4.88. The number of carbonyl (C=O) groups is 3. The van der Waals surface area contributed by atoms with Crippen molar-refractivity contribution in [3.8, 4) is 11.5 Å². The highest BCUT2D eigenvalue weighted by molar-refractivity contribution is 7.86. The van der Waals surface area contributed by atoms with Crippen molar-refractivity contribution < 1.29 is 47.8 Å². The monoisotopic (exact) mass is 398 g/mol. The molecule has 13 heteroatoms. The van der Waals surface area contributed by atoms with E-state index in [1.807, 2.05) is 5.32 Å². The van der Waals surface area contributed by atoms with Crippen LogP contribution in [0.4, 0.5) is 5.82 Å². The third-order valence-corrected chi connectivity index (χ3v) is 4.08. The summed E-state index contributed by atoms with van der Waals surface area (Å²) in [4.78, 5) is 36.8. The second kappa shape index (κ2) is 6.89. The molecule has 2 rings (SSSR count). The molecule has 0 atom stereocenters. The van der Waals surface area contributed by atoms with E-state index in [9.17, 15) is 33.0 Å². The number of nitrogens with one attached hydrogen (secondary N) is 1. The number of carboxylic acid groups (broad SMARTS) is 2. The molecule has 1 aromatic carbocycles. The topological polar surface area (TPSA) is 211 Å². The first-order valence-corrected chi connectivity index (χ1v) is 8.17. The van der Waals surface area contributed by atoms with Gasteiger partial charge in [0, 0.05) is 12.3 Å². The summed E-state index contributed by atoms with van der Waals surface area (Å²) in [6.45, 7) is 0. The number of hydrogen-bond acceptors (Lipinski definition) is 8. The van der Waals surface area contributed by atoms with Gasteiger partial charge in [0.25, 0.3) is 16.0 Å². The van der Waals surface area contributed by atoms with Gasteiger partial charge in [-0.05, 0) is 12.1 Å². The largest absolute Gasteiger partial charge is 0.507 e. The fourth-order valence-electron chi connectivity index (χ4n) is 1.97. The van der Waals surface area contributed by atoms with E-state index in [-0.39, 0.29) is 0 Å². The molecule has 1 aromatic heterocycles. The van der Waals surface area contributed by atoms with Crippen molar-refractivity contribution in [1.82, 2.24) is 4.98 Å². The SMILES string of the molecule is O=C(O)c1cnc(NC(=O)c2cc(O)c(S(=O)(=O)O)cc2O)c(C(=O)O)c1. The first-order chi connectivity index (χ1) is 12.4. The molecule has 142 valence electrons. The van der Waals surface area contributed by atoms with Crippen LogP contribution in [0.3, 0.4) is 0 Å². The Hall–Kier alpha value is -3.71. The number of phenols is 2. The summed E-state index contributed by atoms with van der Waals surface area (Å²) >= 11 is 0. The van der Waals surface area contributed by atoms with Crippen LogP contribution >= 0.6 is 0 Å². The molecule has 0 spiro atoms. The number of nitrogens with zero attached hydrogens (tertiary/aromatic N) is 1. The highest BCUT2D eigenvalue weighted by Crippen LogP contribution is 2.31. The maximum atomic E-state index is 12.2. The average molecular weight is 398 g/mol. The highest BCUT2D eigenvalue weighted by atomic mass is 32.2. The van der Waals surface area contributed by atoms with Gasteiger partial charge in [0.1, 0.15) is 27.8 Å². The molecule has 0 saturated heterocycles. The summed E-state index contributed by atoms with van der Waals surface area (Å²) < 4.78 is 31.0. The average Bonchev–Trinajstić information content (AvgIpc) is 2.55. The lowest BCUT2D eigenvalue weighted by Gasteiger charge is -2.10. The fraction of sp³-hybridized carbons (Fsp3) is 0. The highest BCUT2D eigenvalue weighted by Gasteiger charge is 2.23. The zero-order chi connectivity index (χ0) is 20.5. The Morgan fingerprint density at radius 2 is 1.56 bits per heavy atom. The molecule has 27 heavy (non-hydrogen) atoms. The number of aromatic carboxylic acids is 2. The van der Waals surface area contributed by atoms with Gasteiger partial charge in [0.05, 0.1) is 11.1 Å². The second-order valence-corrected chi connectivity index (χ2v) is 6.39. The molecule has 0 bridgehead atoms. The van der Waals surface area contributed by atoms with Crippen LogP contribution in [0.1, 0.15) is 31.1 Å². The van der Waals surface area contributed by atoms with E-state index in [0.29, 0.717) is 12.1 Å². The maximum absolute atomic E-state index is 12.2. The number of carbonyl (C=O) groups excluding carboxylic acids is 1. The Morgan fingerprint density at radius 3 is 2.07 bits per heavy atom. The minimum Gasteiger partial charge on any atom is -0.507 e. The van der Waals surface area contributed by atoms with Crippen LogP contribution in [0.15, 0.2) is 29.3 Å². The van der Waals surface area contributed by atoms with Crippen molar-refractivity contribution in [3.05, 3.63) is 41.1 Å².